The van der Waals surface area contributed by atoms with Crippen LogP contribution in [0.25, 0.3) is 0 Å². The fourth-order valence-corrected chi connectivity index (χ4v) is 2.95. The van der Waals surface area contributed by atoms with Crippen molar-refractivity contribution in [3.05, 3.63) is 65.7 Å². The number of hydrogen-bond donors (Lipinski definition) is 0. The molecule has 0 aliphatic heterocycles. The van der Waals surface area contributed by atoms with Crippen LogP contribution in [0.3, 0.4) is 0 Å². The van der Waals surface area contributed by atoms with E-state index in [1.807, 2.05) is 12.1 Å². The molecular weight excluding hydrogens is 270 g/mol. The van der Waals surface area contributed by atoms with E-state index in [0.29, 0.717) is 12.1 Å². The topological polar surface area (TPSA) is 12.5 Å². The van der Waals surface area contributed by atoms with Gasteiger partial charge in [0.15, 0.2) is 0 Å². The van der Waals surface area contributed by atoms with Crippen molar-refractivity contribution in [3.63, 3.8) is 0 Å². The van der Waals surface area contributed by atoms with Gasteiger partial charge in [0.2, 0.25) is 0 Å². The lowest BCUT2D eigenvalue weighted by Gasteiger charge is -2.33. The molecule has 0 bridgehead atoms. The monoisotopic (exact) mass is 297 g/mol. The molecule has 0 aliphatic rings. The summed E-state index contributed by atoms with van der Waals surface area (Å²) in [6.45, 7) is 7.81. The number of methoxy groups -OCH3 is 1. The fourth-order valence-electron chi connectivity index (χ4n) is 2.95. The predicted molar refractivity (Wildman–Crippen MR) is 93.3 cm³/mol. The highest BCUT2D eigenvalue weighted by atomic mass is 16.5. The maximum absolute atomic E-state index is 5.49. The highest BCUT2D eigenvalue weighted by Gasteiger charge is 2.19. The number of ether oxygens (including phenoxy) is 1. The summed E-state index contributed by atoms with van der Waals surface area (Å²) in [6, 6.07) is 20.0. The van der Waals surface area contributed by atoms with Crippen molar-refractivity contribution in [2.24, 2.45) is 0 Å². The van der Waals surface area contributed by atoms with Gasteiger partial charge in [0.25, 0.3) is 0 Å². The minimum Gasteiger partial charge on any atom is -0.496 e. The summed E-state index contributed by atoms with van der Waals surface area (Å²) in [6.07, 6.45) is 0.995. The highest BCUT2D eigenvalue weighted by Crippen LogP contribution is 2.22. The van der Waals surface area contributed by atoms with Gasteiger partial charge in [0.1, 0.15) is 5.75 Å². The standard InChI is InChI=1S/C20H27NO/c1-16(2)21(15-18-10-6-5-7-11-18)17(3)14-19-12-8-9-13-20(19)22-4/h5-13,16-17H,14-15H2,1-4H3. The minimum atomic E-state index is 0.455. The van der Waals surface area contributed by atoms with E-state index in [0.717, 1.165) is 18.7 Å². The van der Waals surface area contributed by atoms with Crippen LogP contribution >= 0.6 is 0 Å². The van der Waals surface area contributed by atoms with Crippen molar-refractivity contribution in [1.82, 2.24) is 4.90 Å². The van der Waals surface area contributed by atoms with Crippen LogP contribution in [0.15, 0.2) is 54.6 Å². The Morgan fingerprint density at radius 3 is 2.18 bits per heavy atom. The molecule has 0 aliphatic carbocycles. The van der Waals surface area contributed by atoms with E-state index < -0.39 is 0 Å². The molecule has 2 aromatic rings. The summed E-state index contributed by atoms with van der Waals surface area (Å²) in [5.41, 5.74) is 2.64. The fraction of sp³-hybridized carbons (Fsp3) is 0.400. The summed E-state index contributed by atoms with van der Waals surface area (Å²) in [5.74, 6) is 0.984. The number of para-hydroxylation sites is 1. The Morgan fingerprint density at radius 1 is 0.909 bits per heavy atom. The Bertz CT molecular complexity index is 565. The first-order valence-corrected chi connectivity index (χ1v) is 8.03. The molecule has 1 unspecified atom stereocenters. The first kappa shape index (κ1) is 16.6. The van der Waals surface area contributed by atoms with E-state index in [1.54, 1.807) is 7.11 Å². The van der Waals surface area contributed by atoms with Crippen molar-refractivity contribution < 1.29 is 4.74 Å². The van der Waals surface area contributed by atoms with Gasteiger partial charge < -0.3 is 4.74 Å². The molecule has 0 amide bonds. The van der Waals surface area contributed by atoms with Crippen molar-refractivity contribution in [3.8, 4) is 5.75 Å². The van der Waals surface area contributed by atoms with Gasteiger partial charge in [-0.3, -0.25) is 4.90 Å². The van der Waals surface area contributed by atoms with E-state index in [4.69, 9.17) is 4.74 Å². The SMILES string of the molecule is COc1ccccc1CC(C)N(Cc1ccccc1)C(C)C. The normalized spacial score (nSPS) is 12.6. The molecule has 0 saturated carbocycles. The van der Waals surface area contributed by atoms with Crippen LogP contribution in [0.5, 0.6) is 5.75 Å². The van der Waals surface area contributed by atoms with Crippen LogP contribution in [0.2, 0.25) is 0 Å². The molecule has 0 heterocycles. The molecular formula is C20H27NO. The minimum absolute atomic E-state index is 0.455. The Kier molecular flexibility index (Phi) is 6.02. The molecule has 1 atom stereocenters. The van der Waals surface area contributed by atoms with E-state index in [2.05, 4.69) is 68.1 Å². The Labute approximate surface area is 134 Å². The summed E-state index contributed by atoms with van der Waals surface area (Å²) in [4.78, 5) is 2.54. The van der Waals surface area contributed by atoms with E-state index in [1.165, 1.54) is 11.1 Å². The van der Waals surface area contributed by atoms with Gasteiger partial charge in [-0.1, -0.05) is 48.5 Å². The molecule has 118 valence electrons. The van der Waals surface area contributed by atoms with Gasteiger partial charge in [0.05, 0.1) is 7.11 Å². The van der Waals surface area contributed by atoms with Crippen LogP contribution < -0.4 is 4.74 Å². The van der Waals surface area contributed by atoms with Crippen molar-refractivity contribution in [2.75, 3.05) is 7.11 Å². The number of rotatable bonds is 7. The van der Waals surface area contributed by atoms with E-state index in [-0.39, 0.29) is 0 Å². The third-order valence-electron chi connectivity index (χ3n) is 4.15. The van der Waals surface area contributed by atoms with Gasteiger partial charge in [0, 0.05) is 18.6 Å². The number of benzene rings is 2. The summed E-state index contributed by atoms with van der Waals surface area (Å²) in [5, 5.41) is 0. The number of nitrogens with zero attached hydrogens (tertiary/aromatic N) is 1. The first-order chi connectivity index (χ1) is 10.6. The second kappa shape index (κ2) is 8.00. The van der Waals surface area contributed by atoms with Crippen molar-refractivity contribution >= 4 is 0 Å². The summed E-state index contributed by atoms with van der Waals surface area (Å²) < 4.78 is 5.49. The molecule has 0 fully saturated rings. The Hall–Kier alpha value is -1.80. The third kappa shape index (κ3) is 4.35. The average Bonchev–Trinajstić information content (AvgIpc) is 2.53. The maximum Gasteiger partial charge on any atom is 0.122 e. The molecule has 0 radical (unpaired) electrons. The summed E-state index contributed by atoms with van der Waals surface area (Å²) in [7, 11) is 1.74. The second-order valence-corrected chi connectivity index (χ2v) is 6.12. The smallest absolute Gasteiger partial charge is 0.122 e. The largest absolute Gasteiger partial charge is 0.496 e. The van der Waals surface area contributed by atoms with Crippen molar-refractivity contribution in [1.29, 1.82) is 0 Å². The van der Waals surface area contributed by atoms with Crippen LogP contribution in [-0.2, 0) is 13.0 Å². The van der Waals surface area contributed by atoms with Crippen molar-refractivity contribution in [2.45, 2.75) is 45.8 Å². The van der Waals surface area contributed by atoms with Gasteiger partial charge in [-0.25, -0.2) is 0 Å². The predicted octanol–water partition coefficient (Wildman–Crippen LogP) is 4.54. The molecule has 0 aromatic heterocycles. The molecule has 2 nitrogen and oxygen atoms in total. The third-order valence-corrected chi connectivity index (χ3v) is 4.15. The van der Waals surface area contributed by atoms with Gasteiger partial charge in [-0.15, -0.1) is 0 Å². The zero-order valence-electron chi connectivity index (χ0n) is 14.1. The Balaban J connectivity index is 2.11. The first-order valence-electron chi connectivity index (χ1n) is 8.03. The Morgan fingerprint density at radius 2 is 1.55 bits per heavy atom. The lowest BCUT2D eigenvalue weighted by Crippen LogP contribution is -2.39. The molecule has 0 saturated heterocycles. The van der Waals surface area contributed by atoms with Crippen LogP contribution in [0.1, 0.15) is 31.9 Å². The maximum atomic E-state index is 5.49. The summed E-state index contributed by atoms with van der Waals surface area (Å²) >= 11 is 0. The number of hydrogen-bond acceptors (Lipinski definition) is 2. The lowest BCUT2D eigenvalue weighted by molar-refractivity contribution is 0.153. The molecule has 2 aromatic carbocycles. The van der Waals surface area contributed by atoms with E-state index >= 15 is 0 Å². The molecule has 0 spiro atoms. The van der Waals surface area contributed by atoms with Gasteiger partial charge in [-0.2, -0.15) is 0 Å². The zero-order valence-corrected chi connectivity index (χ0v) is 14.1. The quantitative estimate of drug-likeness (QED) is 0.744. The van der Waals surface area contributed by atoms with Crippen LogP contribution in [-0.4, -0.2) is 24.1 Å². The average molecular weight is 297 g/mol. The van der Waals surface area contributed by atoms with Crippen LogP contribution in [0, 0.1) is 0 Å². The molecule has 22 heavy (non-hydrogen) atoms. The molecule has 2 heteroatoms. The van der Waals surface area contributed by atoms with Gasteiger partial charge >= 0.3 is 0 Å². The van der Waals surface area contributed by atoms with Crippen LogP contribution in [0.4, 0.5) is 0 Å². The second-order valence-electron chi connectivity index (χ2n) is 6.12. The molecule has 2 rings (SSSR count). The highest BCUT2D eigenvalue weighted by molar-refractivity contribution is 5.33. The van der Waals surface area contributed by atoms with Gasteiger partial charge in [-0.05, 0) is 44.4 Å². The lowest BCUT2D eigenvalue weighted by atomic mass is 10.0. The van der Waals surface area contributed by atoms with E-state index in [9.17, 15) is 0 Å². The molecule has 0 N–H and O–H groups in total. The zero-order chi connectivity index (χ0) is 15.9.